The molecule has 9 heteroatoms. The van der Waals surface area contributed by atoms with Crippen LogP contribution in [0.25, 0.3) is 0 Å². The van der Waals surface area contributed by atoms with Gasteiger partial charge in [-0.1, -0.05) is 30.3 Å². The molecule has 0 bridgehead atoms. The van der Waals surface area contributed by atoms with Gasteiger partial charge < -0.3 is 10.1 Å². The van der Waals surface area contributed by atoms with Gasteiger partial charge in [0.05, 0.1) is 5.69 Å². The predicted molar refractivity (Wildman–Crippen MR) is 99.4 cm³/mol. The van der Waals surface area contributed by atoms with Crippen molar-refractivity contribution in [1.82, 2.24) is 10.0 Å². The van der Waals surface area contributed by atoms with Crippen molar-refractivity contribution < 1.29 is 22.7 Å². The molecule has 2 aromatic carbocycles. The zero-order valence-corrected chi connectivity index (χ0v) is 15.5. The fourth-order valence-corrected chi connectivity index (χ4v) is 3.87. The quantitative estimate of drug-likeness (QED) is 0.763. The molecule has 1 saturated heterocycles. The number of anilines is 1. The Hall–Kier alpha value is -3.07. The molecule has 1 fully saturated rings. The van der Waals surface area contributed by atoms with Crippen LogP contribution in [0.15, 0.2) is 48.5 Å². The van der Waals surface area contributed by atoms with Crippen LogP contribution in [0.5, 0.6) is 5.75 Å². The fraction of sp³-hybridized carbons (Fsp3) is 0.222. The number of nitrogens with one attached hydrogen (secondary N) is 2. The number of rotatable bonds is 6. The zero-order chi connectivity index (χ0) is 19.4. The third-order valence-corrected chi connectivity index (χ3v) is 5.35. The minimum atomic E-state index is -3.86. The van der Waals surface area contributed by atoms with Gasteiger partial charge >= 0.3 is 10.2 Å². The Balaban J connectivity index is 1.58. The first-order chi connectivity index (χ1) is 12.8. The summed E-state index contributed by atoms with van der Waals surface area (Å²) in [5.74, 6) is -0.413. The van der Waals surface area contributed by atoms with Gasteiger partial charge in [0, 0.05) is 6.54 Å². The molecular formula is C18H19N3O5S. The summed E-state index contributed by atoms with van der Waals surface area (Å²) in [7, 11) is -3.86. The van der Waals surface area contributed by atoms with Gasteiger partial charge in [-0.15, -0.1) is 0 Å². The smallest absolute Gasteiger partial charge is 0.326 e. The Morgan fingerprint density at radius 2 is 1.96 bits per heavy atom. The molecule has 0 unspecified atom stereocenters. The molecule has 2 amide bonds. The average Bonchev–Trinajstić information content (AvgIpc) is 2.91. The van der Waals surface area contributed by atoms with E-state index in [0.717, 1.165) is 9.87 Å². The van der Waals surface area contributed by atoms with Gasteiger partial charge in [0.15, 0.2) is 6.61 Å². The van der Waals surface area contributed by atoms with Gasteiger partial charge in [-0.25, -0.2) is 9.03 Å². The lowest BCUT2D eigenvalue weighted by atomic mass is 10.2. The molecule has 2 N–H and O–H groups in total. The number of nitrogens with zero attached hydrogens (tertiary/aromatic N) is 1. The lowest BCUT2D eigenvalue weighted by Crippen LogP contribution is -2.30. The number of hydrogen-bond donors (Lipinski definition) is 2. The normalized spacial score (nSPS) is 15.3. The Bertz CT molecular complexity index is 960. The van der Waals surface area contributed by atoms with Gasteiger partial charge in [0.1, 0.15) is 12.3 Å². The van der Waals surface area contributed by atoms with Crippen LogP contribution in [0.2, 0.25) is 0 Å². The highest BCUT2D eigenvalue weighted by molar-refractivity contribution is 7.92. The molecule has 142 valence electrons. The average molecular weight is 389 g/mol. The summed E-state index contributed by atoms with van der Waals surface area (Å²) in [5, 5.41) is 2.76. The summed E-state index contributed by atoms with van der Waals surface area (Å²) < 4.78 is 32.2. The Morgan fingerprint density at radius 3 is 2.59 bits per heavy atom. The van der Waals surface area contributed by atoms with Gasteiger partial charge in [-0.2, -0.15) is 8.42 Å². The maximum atomic E-state index is 11.9. The highest BCUT2D eigenvalue weighted by Gasteiger charge is 2.34. The van der Waals surface area contributed by atoms with Crippen LogP contribution < -0.4 is 19.1 Å². The molecule has 1 aliphatic heterocycles. The molecule has 0 atom stereocenters. The minimum Gasteiger partial charge on any atom is -0.484 e. The van der Waals surface area contributed by atoms with Crippen LogP contribution >= 0.6 is 0 Å². The fourth-order valence-electron chi connectivity index (χ4n) is 2.66. The van der Waals surface area contributed by atoms with E-state index in [2.05, 4.69) is 5.32 Å². The lowest BCUT2D eigenvalue weighted by Gasteiger charge is -2.18. The van der Waals surface area contributed by atoms with E-state index in [0.29, 0.717) is 23.5 Å². The van der Waals surface area contributed by atoms with Gasteiger partial charge in [0.25, 0.3) is 11.8 Å². The summed E-state index contributed by atoms with van der Waals surface area (Å²) in [6.07, 6.45) is 0. The second kappa shape index (κ2) is 7.67. The summed E-state index contributed by atoms with van der Waals surface area (Å²) in [6.45, 7) is 1.70. The Labute approximate surface area is 157 Å². The van der Waals surface area contributed by atoms with Crippen molar-refractivity contribution in [2.75, 3.05) is 17.5 Å². The van der Waals surface area contributed by atoms with E-state index in [1.54, 1.807) is 25.1 Å². The summed E-state index contributed by atoms with van der Waals surface area (Å²) in [4.78, 5) is 23.3. The summed E-state index contributed by atoms with van der Waals surface area (Å²) >= 11 is 0. The SMILES string of the molecule is Cc1cc(OCC(=O)NCc2ccccc2)ccc1N1CC(=O)NS1(=O)=O. The van der Waals surface area contributed by atoms with Crippen LogP contribution in [-0.4, -0.2) is 33.4 Å². The molecule has 3 rings (SSSR count). The first kappa shape index (κ1) is 18.7. The maximum Gasteiger partial charge on any atom is 0.326 e. The van der Waals surface area contributed by atoms with Crippen molar-refractivity contribution in [2.45, 2.75) is 13.5 Å². The topological polar surface area (TPSA) is 105 Å². The second-order valence-electron chi connectivity index (χ2n) is 6.04. The molecule has 1 aliphatic rings. The van der Waals surface area contributed by atoms with Gasteiger partial charge in [0.2, 0.25) is 0 Å². The van der Waals surface area contributed by atoms with E-state index in [4.69, 9.17) is 4.74 Å². The Morgan fingerprint density at radius 1 is 1.22 bits per heavy atom. The number of hydrogen-bond acceptors (Lipinski definition) is 5. The molecule has 0 aromatic heterocycles. The molecule has 0 aliphatic carbocycles. The van der Waals surface area contributed by atoms with Crippen molar-refractivity contribution in [3.8, 4) is 5.75 Å². The second-order valence-corrected chi connectivity index (χ2v) is 7.63. The minimum absolute atomic E-state index is 0.159. The van der Waals surface area contributed by atoms with Crippen LogP contribution in [0.1, 0.15) is 11.1 Å². The monoisotopic (exact) mass is 389 g/mol. The number of benzene rings is 2. The van der Waals surface area contributed by atoms with E-state index in [9.17, 15) is 18.0 Å². The number of ether oxygens (including phenoxy) is 1. The molecular weight excluding hydrogens is 370 g/mol. The molecule has 8 nitrogen and oxygen atoms in total. The van der Waals surface area contributed by atoms with Crippen LogP contribution in [0.4, 0.5) is 5.69 Å². The molecule has 0 radical (unpaired) electrons. The van der Waals surface area contributed by atoms with Gasteiger partial charge in [-0.05, 0) is 36.2 Å². The Kier molecular flexibility index (Phi) is 5.31. The first-order valence-electron chi connectivity index (χ1n) is 8.22. The molecule has 2 aromatic rings. The molecule has 0 spiro atoms. The molecule has 27 heavy (non-hydrogen) atoms. The number of carbonyl (C=O) groups excluding carboxylic acids is 2. The van der Waals surface area contributed by atoms with E-state index >= 15 is 0 Å². The molecule has 1 heterocycles. The maximum absolute atomic E-state index is 11.9. The predicted octanol–water partition coefficient (Wildman–Crippen LogP) is 0.871. The third-order valence-electron chi connectivity index (χ3n) is 3.96. The van der Waals surface area contributed by atoms with E-state index in [-0.39, 0.29) is 19.1 Å². The zero-order valence-electron chi connectivity index (χ0n) is 14.6. The van der Waals surface area contributed by atoms with E-state index in [1.807, 2.05) is 35.1 Å². The van der Waals surface area contributed by atoms with Crippen LogP contribution in [0, 0.1) is 6.92 Å². The molecule has 0 saturated carbocycles. The lowest BCUT2D eigenvalue weighted by molar-refractivity contribution is -0.123. The van der Waals surface area contributed by atoms with Crippen molar-refractivity contribution in [3.63, 3.8) is 0 Å². The van der Waals surface area contributed by atoms with E-state index < -0.39 is 16.1 Å². The van der Waals surface area contributed by atoms with Crippen molar-refractivity contribution in [2.24, 2.45) is 0 Å². The van der Waals surface area contributed by atoms with E-state index in [1.165, 1.54) is 0 Å². The third kappa shape index (κ3) is 4.56. The number of carbonyl (C=O) groups is 2. The standard InChI is InChI=1S/C18H19N3O5S/c1-13-9-15(7-8-16(13)21-11-17(22)20-27(21,24)25)26-12-18(23)19-10-14-5-3-2-4-6-14/h2-9H,10-12H2,1H3,(H,19,23)(H,20,22). The van der Waals surface area contributed by atoms with Crippen LogP contribution in [0.3, 0.4) is 0 Å². The summed E-state index contributed by atoms with van der Waals surface area (Å²) in [5.41, 5.74) is 1.98. The van der Waals surface area contributed by atoms with Crippen molar-refractivity contribution >= 4 is 27.7 Å². The number of aryl methyl sites for hydroxylation is 1. The van der Waals surface area contributed by atoms with Crippen molar-refractivity contribution in [1.29, 1.82) is 0 Å². The highest BCUT2D eigenvalue weighted by Crippen LogP contribution is 2.28. The van der Waals surface area contributed by atoms with Gasteiger partial charge in [-0.3, -0.25) is 9.59 Å². The summed E-state index contributed by atoms with van der Waals surface area (Å²) in [6, 6.07) is 14.2. The largest absolute Gasteiger partial charge is 0.484 e. The highest BCUT2D eigenvalue weighted by atomic mass is 32.2. The van der Waals surface area contributed by atoms with Crippen molar-refractivity contribution in [3.05, 3.63) is 59.7 Å². The first-order valence-corrected chi connectivity index (χ1v) is 9.66. The van der Waals surface area contributed by atoms with Crippen LogP contribution in [-0.2, 0) is 26.3 Å². The number of amides is 2.